The molecule has 1 aromatic carbocycles. The molecule has 1 atom stereocenters. The van der Waals surface area contributed by atoms with Crippen molar-refractivity contribution in [3.8, 4) is 22.6 Å². The molecule has 4 aromatic rings. The van der Waals surface area contributed by atoms with Gasteiger partial charge in [-0.05, 0) is 30.7 Å². The van der Waals surface area contributed by atoms with Gasteiger partial charge < -0.3 is 14.5 Å². The maximum Gasteiger partial charge on any atom is 0.328 e. The van der Waals surface area contributed by atoms with E-state index in [0.717, 1.165) is 17.4 Å². The molecule has 0 aliphatic heterocycles. The summed E-state index contributed by atoms with van der Waals surface area (Å²) in [6, 6.07) is 6.08. The fourth-order valence-electron chi connectivity index (χ4n) is 3.89. The van der Waals surface area contributed by atoms with Gasteiger partial charge in [0.25, 0.3) is 0 Å². The van der Waals surface area contributed by atoms with E-state index >= 15 is 0 Å². The molecule has 0 bridgehead atoms. The predicted molar refractivity (Wildman–Crippen MR) is 125 cm³/mol. The molecule has 0 saturated heterocycles. The number of imidazole rings is 1. The van der Waals surface area contributed by atoms with Crippen molar-refractivity contribution in [3.05, 3.63) is 58.9 Å². The third-order valence-electron chi connectivity index (χ3n) is 5.27. The first-order valence-corrected chi connectivity index (χ1v) is 12.3. The molecule has 10 nitrogen and oxygen atoms in total. The lowest BCUT2D eigenvalue weighted by molar-refractivity contribution is 0.310. The average Bonchev–Trinajstić information content (AvgIpc) is 3.34. The molecule has 174 valence electrons. The lowest BCUT2D eigenvalue weighted by Gasteiger charge is -2.20. The van der Waals surface area contributed by atoms with Crippen LogP contribution in [0.5, 0.6) is 11.5 Å². The minimum Gasteiger partial charge on any atom is -0.493 e. The zero-order valence-electron chi connectivity index (χ0n) is 18.8. The van der Waals surface area contributed by atoms with E-state index in [-0.39, 0.29) is 5.75 Å². The molecule has 0 saturated carbocycles. The molecule has 11 heteroatoms. The molecule has 0 aliphatic carbocycles. The van der Waals surface area contributed by atoms with Crippen LogP contribution in [0.25, 0.3) is 22.3 Å². The van der Waals surface area contributed by atoms with Gasteiger partial charge in [0, 0.05) is 36.8 Å². The van der Waals surface area contributed by atoms with Gasteiger partial charge in [-0.1, -0.05) is 6.07 Å². The molecule has 0 aliphatic rings. The highest BCUT2D eigenvalue weighted by molar-refractivity contribution is 7.90. The van der Waals surface area contributed by atoms with E-state index in [9.17, 15) is 13.2 Å². The van der Waals surface area contributed by atoms with Crippen LogP contribution in [0.3, 0.4) is 0 Å². The number of nitrogens with zero attached hydrogens (tertiary/aromatic N) is 4. The third kappa shape index (κ3) is 4.49. The van der Waals surface area contributed by atoms with Gasteiger partial charge in [-0.15, -0.1) is 0 Å². The number of benzene rings is 1. The molecule has 3 aromatic heterocycles. The number of nitrogens with one attached hydrogen (secondary N) is 1. The van der Waals surface area contributed by atoms with E-state index in [4.69, 9.17) is 9.47 Å². The maximum absolute atomic E-state index is 13.2. The lowest BCUT2D eigenvalue weighted by atomic mass is 10.1. The van der Waals surface area contributed by atoms with Crippen molar-refractivity contribution in [2.75, 3.05) is 25.7 Å². The highest BCUT2D eigenvalue weighted by Crippen LogP contribution is 2.33. The number of hydrogen-bond donors (Lipinski definition) is 1. The normalized spacial score (nSPS) is 12.7. The minimum atomic E-state index is -3.47. The van der Waals surface area contributed by atoms with Crippen LogP contribution < -0.4 is 15.2 Å². The second kappa shape index (κ2) is 8.74. The van der Waals surface area contributed by atoms with Crippen LogP contribution >= 0.6 is 0 Å². The topological polar surface area (TPSA) is 121 Å². The number of ether oxygens (including phenoxy) is 2. The molecule has 4 rings (SSSR count). The summed E-state index contributed by atoms with van der Waals surface area (Å²) in [6.07, 6.45) is 6.25. The Balaban J connectivity index is 1.94. The molecule has 0 fully saturated rings. The Bertz CT molecular complexity index is 1470. The lowest BCUT2D eigenvalue weighted by Crippen LogP contribution is -2.28. The van der Waals surface area contributed by atoms with Crippen LogP contribution in [0.2, 0.25) is 0 Å². The predicted octanol–water partition coefficient (Wildman–Crippen LogP) is 2.17. The van der Waals surface area contributed by atoms with Crippen molar-refractivity contribution in [1.82, 2.24) is 24.3 Å². The van der Waals surface area contributed by atoms with Gasteiger partial charge in [-0.2, -0.15) is 5.10 Å². The number of H-pyrrole nitrogens is 1. The van der Waals surface area contributed by atoms with Gasteiger partial charge in [0.15, 0.2) is 17.1 Å². The zero-order valence-corrected chi connectivity index (χ0v) is 19.6. The smallest absolute Gasteiger partial charge is 0.328 e. The molecular formula is C22H25N5O5S. The summed E-state index contributed by atoms with van der Waals surface area (Å²) in [5, 5.41) is 4.20. The van der Waals surface area contributed by atoms with Crippen LogP contribution in [0.1, 0.15) is 18.5 Å². The highest BCUT2D eigenvalue weighted by Gasteiger charge is 2.26. The van der Waals surface area contributed by atoms with E-state index < -0.39 is 21.6 Å². The number of aryl methyl sites for hydroxylation is 1. The Labute approximate surface area is 190 Å². The van der Waals surface area contributed by atoms with Gasteiger partial charge in [-0.25, -0.2) is 18.2 Å². The van der Waals surface area contributed by atoms with Crippen LogP contribution in [-0.2, 0) is 16.9 Å². The van der Waals surface area contributed by atoms with E-state index in [0.29, 0.717) is 34.8 Å². The Kier molecular flexibility index (Phi) is 5.98. The van der Waals surface area contributed by atoms with Gasteiger partial charge in [0.1, 0.15) is 9.84 Å². The molecule has 33 heavy (non-hydrogen) atoms. The van der Waals surface area contributed by atoms with E-state index in [2.05, 4.69) is 15.1 Å². The fourth-order valence-corrected chi connectivity index (χ4v) is 4.80. The number of methoxy groups -OCH3 is 1. The number of sulfone groups is 1. The number of aromatic amines is 1. The summed E-state index contributed by atoms with van der Waals surface area (Å²) in [4.78, 5) is 20.4. The maximum atomic E-state index is 13.2. The molecule has 0 radical (unpaired) electrons. The fraction of sp³-hybridized carbons (Fsp3) is 0.318. The highest BCUT2D eigenvalue weighted by atomic mass is 32.2. The molecular weight excluding hydrogens is 446 g/mol. The average molecular weight is 472 g/mol. The second-order valence-electron chi connectivity index (χ2n) is 7.71. The van der Waals surface area contributed by atoms with Crippen molar-refractivity contribution in [2.24, 2.45) is 7.05 Å². The van der Waals surface area contributed by atoms with Crippen molar-refractivity contribution >= 4 is 21.0 Å². The van der Waals surface area contributed by atoms with E-state index in [1.807, 2.05) is 13.1 Å². The summed E-state index contributed by atoms with van der Waals surface area (Å²) in [6.45, 7) is 2.24. The second-order valence-corrected chi connectivity index (χ2v) is 9.90. The summed E-state index contributed by atoms with van der Waals surface area (Å²) in [5.41, 5.74) is 2.53. The molecule has 1 N–H and O–H groups in total. The molecule has 0 spiro atoms. The number of aromatic nitrogens is 5. The van der Waals surface area contributed by atoms with Crippen LogP contribution in [0.4, 0.5) is 0 Å². The first-order valence-electron chi connectivity index (χ1n) is 10.3. The van der Waals surface area contributed by atoms with Gasteiger partial charge in [0.2, 0.25) is 0 Å². The molecule has 3 heterocycles. The quantitative estimate of drug-likeness (QED) is 0.418. The zero-order chi connectivity index (χ0) is 23.8. The monoisotopic (exact) mass is 471 g/mol. The first-order chi connectivity index (χ1) is 15.7. The summed E-state index contributed by atoms with van der Waals surface area (Å²) in [7, 11) is -0.139. The summed E-state index contributed by atoms with van der Waals surface area (Å²) in [5.74, 6) is 0.686. The molecule has 0 unspecified atom stereocenters. The van der Waals surface area contributed by atoms with Gasteiger partial charge in [0.05, 0.1) is 37.2 Å². The van der Waals surface area contributed by atoms with Crippen molar-refractivity contribution in [2.45, 2.75) is 13.0 Å². The number of fused-ring (bicyclic) bond motifs is 1. The van der Waals surface area contributed by atoms with Crippen LogP contribution in [-0.4, -0.2) is 58.5 Å². The Hall–Kier alpha value is -3.60. The largest absolute Gasteiger partial charge is 0.493 e. The van der Waals surface area contributed by atoms with Gasteiger partial charge in [-0.3, -0.25) is 9.25 Å². The summed E-state index contributed by atoms with van der Waals surface area (Å²) < 4.78 is 38.8. The number of rotatable bonds is 8. The number of pyridine rings is 1. The van der Waals surface area contributed by atoms with E-state index in [1.54, 1.807) is 48.4 Å². The van der Waals surface area contributed by atoms with E-state index in [1.165, 1.54) is 11.7 Å². The van der Waals surface area contributed by atoms with Crippen LogP contribution in [0.15, 0.2) is 47.7 Å². The Morgan fingerprint density at radius 1 is 1.21 bits per heavy atom. The summed E-state index contributed by atoms with van der Waals surface area (Å²) >= 11 is 0. The van der Waals surface area contributed by atoms with Crippen molar-refractivity contribution < 1.29 is 17.9 Å². The van der Waals surface area contributed by atoms with Gasteiger partial charge >= 0.3 is 5.69 Å². The SMILES string of the molecule is CCOc1cc([C@H](CS(C)(=O)=O)n2c(=O)[nH]c3c(-c4cnn(C)c4)ccnc32)ccc1OC. The van der Waals surface area contributed by atoms with Crippen LogP contribution in [0, 0.1) is 0 Å². The Morgan fingerprint density at radius 2 is 2.00 bits per heavy atom. The minimum absolute atomic E-state index is 0.295. The van der Waals surface area contributed by atoms with Crippen molar-refractivity contribution in [1.29, 1.82) is 0 Å². The van der Waals surface area contributed by atoms with Crippen molar-refractivity contribution in [3.63, 3.8) is 0 Å². The Morgan fingerprint density at radius 3 is 2.64 bits per heavy atom. The third-order valence-corrected chi connectivity index (χ3v) is 6.19. The standard InChI is InChI=1S/C22H25N5O5S/c1-5-32-19-10-14(6-7-18(19)31-3)17(13-33(4,29)30)27-21-20(25-22(27)28)16(8-9-23-21)15-11-24-26(2)12-15/h6-12,17H,5,13H2,1-4H3,(H,25,28)/t17-/m0/s1. The molecule has 0 amide bonds. The first kappa shape index (κ1) is 22.6. The number of hydrogen-bond acceptors (Lipinski definition) is 7.